The molecule has 0 spiro atoms. The number of nitrogens with one attached hydrogen (secondary N) is 1. The number of piperidine rings is 1. The second-order valence-corrected chi connectivity index (χ2v) is 5.35. The standard InChI is InChI=1S/C12H25N3/c1-14(2)12-4-7-15(8-5-12)10-11-3-6-13-9-11/h11-13H,3-10H2,1-2H3. The maximum absolute atomic E-state index is 3.45. The van der Waals surface area contributed by atoms with Crippen molar-refractivity contribution >= 4 is 0 Å². The fourth-order valence-electron chi connectivity index (χ4n) is 2.85. The summed E-state index contributed by atoms with van der Waals surface area (Å²) in [6.45, 7) is 6.41. The van der Waals surface area contributed by atoms with E-state index in [-0.39, 0.29) is 0 Å². The fraction of sp³-hybridized carbons (Fsp3) is 1.00. The molecule has 0 aromatic carbocycles. The Bertz CT molecular complexity index is 179. The van der Waals surface area contributed by atoms with Crippen molar-refractivity contribution < 1.29 is 0 Å². The van der Waals surface area contributed by atoms with Crippen molar-refractivity contribution in [2.75, 3.05) is 46.8 Å². The van der Waals surface area contributed by atoms with Crippen LogP contribution >= 0.6 is 0 Å². The van der Waals surface area contributed by atoms with Crippen molar-refractivity contribution in [2.45, 2.75) is 25.3 Å². The lowest BCUT2D eigenvalue weighted by Gasteiger charge is -2.36. The van der Waals surface area contributed by atoms with Crippen molar-refractivity contribution in [3.8, 4) is 0 Å². The van der Waals surface area contributed by atoms with Gasteiger partial charge in [0.25, 0.3) is 0 Å². The van der Waals surface area contributed by atoms with Crippen LogP contribution in [0.2, 0.25) is 0 Å². The van der Waals surface area contributed by atoms with Crippen LogP contribution in [-0.4, -0.2) is 62.7 Å². The van der Waals surface area contributed by atoms with E-state index in [0.29, 0.717) is 0 Å². The van der Waals surface area contributed by atoms with Gasteiger partial charge in [-0.25, -0.2) is 0 Å². The summed E-state index contributed by atoms with van der Waals surface area (Å²) >= 11 is 0. The Kier molecular flexibility index (Phi) is 4.00. The smallest absolute Gasteiger partial charge is 0.0113 e. The zero-order valence-corrected chi connectivity index (χ0v) is 10.2. The number of hydrogen-bond acceptors (Lipinski definition) is 3. The highest BCUT2D eigenvalue weighted by Gasteiger charge is 2.23. The van der Waals surface area contributed by atoms with Crippen LogP contribution in [0.3, 0.4) is 0 Å². The third-order valence-corrected chi connectivity index (χ3v) is 3.97. The molecule has 2 aliphatic heterocycles. The van der Waals surface area contributed by atoms with Gasteiger partial charge in [-0.3, -0.25) is 0 Å². The summed E-state index contributed by atoms with van der Waals surface area (Å²) in [6, 6.07) is 0.822. The minimum atomic E-state index is 0.822. The fourth-order valence-corrected chi connectivity index (χ4v) is 2.85. The monoisotopic (exact) mass is 211 g/mol. The van der Waals surface area contributed by atoms with Crippen LogP contribution in [0.25, 0.3) is 0 Å². The van der Waals surface area contributed by atoms with E-state index in [1.54, 1.807) is 0 Å². The summed E-state index contributed by atoms with van der Waals surface area (Å²) < 4.78 is 0. The quantitative estimate of drug-likeness (QED) is 0.738. The first-order chi connectivity index (χ1) is 7.25. The van der Waals surface area contributed by atoms with Crippen molar-refractivity contribution in [2.24, 2.45) is 5.92 Å². The zero-order valence-electron chi connectivity index (χ0n) is 10.2. The Balaban J connectivity index is 1.68. The topological polar surface area (TPSA) is 18.5 Å². The zero-order chi connectivity index (χ0) is 10.7. The van der Waals surface area contributed by atoms with Gasteiger partial charge in [0, 0.05) is 12.6 Å². The average Bonchev–Trinajstić information content (AvgIpc) is 2.71. The number of hydrogen-bond donors (Lipinski definition) is 1. The first-order valence-electron chi connectivity index (χ1n) is 6.35. The molecule has 0 radical (unpaired) electrons. The molecule has 2 rings (SSSR count). The van der Waals surface area contributed by atoms with E-state index in [4.69, 9.17) is 0 Å². The minimum Gasteiger partial charge on any atom is -0.316 e. The van der Waals surface area contributed by atoms with Crippen LogP contribution in [0, 0.1) is 5.92 Å². The third-order valence-electron chi connectivity index (χ3n) is 3.97. The first-order valence-corrected chi connectivity index (χ1v) is 6.35. The summed E-state index contributed by atoms with van der Waals surface area (Å²) in [5.74, 6) is 0.918. The first kappa shape index (κ1) is 11.4. The molecule has 3 nitrogen and oxygen atoms in total. The molecule has 2 saturated heterocycles. The van der Waals surface area contributed by atoms with E-state index in [0.717, 1.165) is 12.0 Å². The molecule has 1 unspecified atom stereocenters. The van der Waals surface area contributed by atoms with E-state index in [1.165, 1.54) is 52.0 Å². The van der Waals surface area contributed by atoms with Gasteiger partial charge in [0.1, 0.15) is 0 Å². The van der Waals surface area contributed by atoms with E-state index in [1.807, 2.05) is 0 Å². The molecule has 0 aliphatic carbocycles. The Morgan fingerprint density at radius 3 is 2.47 bits per heavy atom. The molecular weight excluding hydrogens is 186 g/mol. The second kappa shape index (κ2) is 5.28. The predicted octanol–water partition coefficient (Wildman–Crippen LogP) is 0.622. The maximum atomic E-state index is 3.45. The van der Waals surface area contributed by atoms with Crippen molar-refractivity contribution in [3.63, 3.8) is 0 Å². The van der Waals surface area contributed by atoms with E-state index >= 15 is 0 Å². The van der Waals surface area contributed by atoms with Gasteiger partial charge >= 0.3 is 0 Å². The van der Waals surface area contributed by atoms with Gasteiger partial charge in [0.15, 0.2) is 0 Å². The van der Waals surface area contributed by atoms with Crippen LogP contribution < -0.4 is 5.32 Å². The number of likely N-dealkylation sites (tertiary alicyclic amines) is 1. The molecular formula is C12H25N3. The molecule has 0 amide bonds. The van der Waals surface area contributed by atoms with E-state index in [2.05, 4.69) is 29.2 Å². The molecule has 2 heterocycles. The lowest BCUT2D eigenvalue weighted by atomic mass is 10.0. The lowest BCUT2D eigenvalue weighted by Crippen LogP contribution is -2.43. The molecule has 88 valence electrons. The molecule has 0 aromatic heterocycles. The van der Waals surface area contributed by atoms with Gasteiger partial charge in [-0.05, 0) is 65.5 Å². The van der Waals surface area contributed by atoms with Gasteiger partial charge in [0.2, 0.25) is 0 Å². The normalized spacial score (nSPS) is 30.2. The predicted molar refractivity (Wildman–Crippen MR) is 64.1 cm³/mol. The van der Waals surface area contributed by atoms with Crippen LogP contribution in [0.1, 0.15) is 19.3 Å². The van der Waals surface area contributed by atoms with Crippen LogP contribution in [0.5, 0.6) is 0 Å². The van der Waals surface area contributed by atoms with E-state index < -0.39 is 0 Å². The van der Waals surface area contributed by atoms with Crippen LogP contribution in [0.4, 0.5) is 0 Å². The second-order valence-electron chi connectivity index (χ2n) is 5.35. The Morgan fingerprint density at radius 2 is 1.93 bits per heavy atom. The molecule has 15 heavy (non-hydrogen) atoms. The number of rotatable bonds is 3. The summed E-state index contributed by atoms with van der Waals surface area (Å²) in [4.78, 5) is 5.05. The van der Waals surface area contributed by atoms with Gasteiger partial charge in [-0.2, -0.15) is 0 Å². The Morgan fingerprint density at radius 1 is 1.20 bits per heavy atom. The Hall–Kier alpha value is -0.120. The van der Waals surface area contributed by atoms with Gasteiger partial charge < -0.3 is 15.1 Å². The highest BCUT2D eigenvalue weighted by atomic mass is 15.2. The maximum Gasteiger partial charge on any atom is 0.0113 e. The van der Waals surface area contributed by atoms with Gasteiger partial charge in [-0.15, -0.1) is 0 Å². The van der Waals surface area contributed by atoms with E-state index in [9.17, 15) is 0 Å². The molecule has 0 saturated carbocycles. The summed E-state index contributed by atoms with van der Waals surface area (Å²) in [5, 5.41) is 3.45. The van der Waals surface area contributed by atoms with Crippen molar-refractivity contribution in [3.05, 3.63) is 0 Å². The average molecular weight is 211 g/mol. The van der Waals surface area contributed by atoms with Gasteiger partial charge in [-0.1, -0.05) is 0 Å². The van der Waals surface area contributed by atoms with Crippen LogP contribution in [0.15, 0.2) is 0 Å². The molecule has 0 bridgehead atoms. The SMILES string of the molecule is CN(C)C1CCN(CC2CCNC2)CC1. The molecule has 1 N–H and O–H groups in total. The lowest BCUT2D eigenvalue weighted by molar-refractivity contribution is 0.132. The molecule has 2 fully saturated rings. The van der Waals surface area contributed by atoms with Crippen LogP contribution in [-0.2, 0) is 0 Å². The highest BCUT2D eigenvalue weighted by molar-refractivity contribution is 4.80. The highest BCUT2D eigenvalue weighted by Crippen LogP contribution is 2.17. The summed E-state index contributed by atoms with van der Waals surface area (Å²) in [7, 11) is 4.42. The minimum absolute atomic E-state index is 0.822. The molecule has 0 aromatic rings. The summed E-state index contributed by atoms with van der Waals surface area (Å²) in [5.41, 5.74) is 0. The third kappa shape index (κ3) is 3.16. The number of nitrogens with zero attached hydrogens (tertiary/aromatic N) is 2. The molecule has 2 aliphatic rings. The molecule has 1 atom stereocenters. The molecule has 3 heteroatoms. The van der Waals surface area contributed by atoms with Gasteiger partial charge in [0.05, 0.1) is 0 Å². The van der Waals surface area contributed by atoms with Crippen molar-refractivity contribution in [1.82, 2.24) is 15.1 Å². The Labute approximate surface area is 93.8 Å². The van der Waals surface area contributed by atoms with Crippen molar-refractivity contribution in [1.29, 1.82) is 0 Å². The largest absolute Gasteiger partial charge is 0.316 e. The summed E-state index contributed by atoms with van der Waals surface area (Å²) in [6.07, 6.45) is 4.09.